The van der Waals surface area contributed by atoms with Crippen LogP contribution in [-0.4, -0.2) is 29.7 Å². The minimum atomic E-state index is -2.96. The molecule has 1 aromatic heterocycles. The summed E-state index contributed by atoms with van der Waals surface area (Å²) in [5, 5.41) is 14.8. The van der Waals surface area contributed by atoms with Crippen molar-refractivity contribution < 1.29 is 8.42 Å². The number of sulfone groups is 1. The molecule has 0 amide bonds. The number of anilines is 1. The molecular weight excluding hydrogens is 260 g/mol. The van der Waals surface area contributed by atoms with Gasteiger partial charge in [-0.3, -0.25) is 0 Å². The van der Waals surface area contributed by atoms with E-state index < -0.39 is 9.84 Å². The molecule has 2 N–H and O–H groups in total. The van der Waals surface area contributed by atoms with Crippen molar-refractivity contribution in [3.8, 4) is 5.40 Å². The summed E-state index contributed by atoms with van der Waals surface area (Å²) in [7, 11) is -2.96. The number of nitrogens with two attached hydrogens (primary N) is 1. The first-order chi connectivity index (χ1) is 7.94. The first-order valence-corrected chi connectivity index (χ1v) is 7.69. The van der Waals surface area contributed by atoms with Gasteiger partial charge in [0.1, 0.15) is 11.2 Å². The van der Waals surface area contributed by atoms with Gasteiger partial charge in [0.15, 0.2) is 9.84 Å². The van der Waals surface area contributed by atoms with E-state index in [0.717, 1.165) is 11.8 Å². The average molecular weight is 272 g/mol. The third kappa shape index (κ3) is 2.25. The Morgan fingerprint density at radius 2 is 2.35 bits per heavy atom. The van der Waals surface area contributed by atoms with Gasteiger partial charge < -0.3 is 5.73 Å². The van der Waals surface area contributed by atoms with Gasteiger partial charge in [0.25, 0.3) is 0 Å². The molecule has 1 aromatic rings. The molecule has 6 nitrogen and oxygen atoms in total. The molecule has 0 saturated carbocycles. The Morgan fingerprint density at radius 1 is 1.65 bits per heavy atom. The molecule has 0 bridgehead atoms. The van der Waals surface area contributed by atoms with Crippen LogP contribution in [-0.2, 0) is 9.84 Å². The van der Waals surface area contributed by atoms with Crippen molar-refractivity contribution in [2.75, 3.05) is 17.2 Å². The molecular formula is C9H12N4O2S2. The highest BCUT2D eigenvalue weighted by molar-refractivity contribution is 8.03. The standard InChI is InChI=1S/C9H12N4O2S2/c1-6-8(16-5-10)9(11)13(12-6)7-2-3-17(14,15)4-7/h7H,2-4,11H2,1H3. The van der Waals surface area contributed by atoms with E-state index >= 15 is 0 Å². The van der Waals surface area contributed by atoms with Gasteiger partial charge in [-0.15, -0.1) is 0 Å². The molecule has 1 saturated heterocycles. The molecule has 0 aliphatic carbocycles. The number of thiocyanates is 1. The number of hydrogen-bond donors (Lipinski definition) is 1. The molecule has 0 radical (unpaired) electrons. The maximum atomic E-state index is 11.4. The lowest BCUT2D eigenvalue weighted by molar-refractivity contribution is 0.504. The summed E-state index contributed by atoms with van der Waals surface area (Å²) in [6, 6.07) is -0.202. The van der Waals surface area contributed by atoms with Crippen LogP contribution >= 0.6 is 11.8 Å². The van der Waals surface area contributed by atoms with Crippen molar-refractivity contribution in [3.63, 3.8) is 0 Å². The molecule has 1 atom stereocenters. The summed E-state index contributed by atoms with van der Waals surface area (Å²) < 4.78 is 24.3. The highest BCUT2D eigenvalue weighted by atomic mass is 32.2. The number of aryl methyl sites for hydroxylation is 1. The van der Waals surface area contributed by atoms with E-state index in [1.165, 1.54) is 0 Å². The molecule has 17 heavy (non-hydrogen) atoms. The van der Waals surface area contributed by atoms with E-state index in [2.05, 4.69) is 5.10 Å². The fourth-order valence-electron chi connectivity index (χ4n) is 1.97. The van der Waals surface area contributed by atoms with E-state index in [0.29, 0.717) is 22.8 Å². The van der Waals surface area contributed by atoms with Crippen LogP contribution in [0.1, 0.15) is 18.2 Å². The summed E-state index contributed by atoms with van der Waals surface area (Å²) >= 11 is 0.956. The maximum Gasteiger partial charge on any atom is 0.152 e. The van der Waals surface area contributed by atoms with Crippen molar-refractivity contribution >= 4 is 27.4 Å². The van der Waals surface area contributed by atoms with Gasteiger partial charge in [-0.2, -0.15) is 10.4 Å². The number of nitrogen functional groups attached to an aromatic ring is 1. The highest BCUT2D eigenvalue weighted by Crippen LogP contribution is 2.33. The quantitative estimate of drug-likeness (QED) is 0.628. The number of hydrogen-bond acceptors (Lipinski definition) is 6. The van der Waals surface area contributed by atoms with Gasteiger partial charge >= 0.3 is 0 Å². The van der Waals surface area contributed by atoms with Crippen LogP contribution in [0.3, 0.4) is 0 Å². The third-order valence-electron chi connectivity index (χ3n) is 2.77. The molecule has 92 valence electrons. The lowest BCUT2D eigenvalue weighted by Crippen LogP contribution is -2.14. The Morgan fingerprint density at radius 3 is 2.88 bits per heavy atom. The summed E-state index contributed by atoms with van der Waals surface area (Å²) in [6.07, 6.45) is 0.532. The van der Waals surface area contributed by atoms with Gasteiger partial charge in [0, 0.05) is 0 Å². The first-order valence-electron chi connectivity index (χ1n) is 5.05. The molecule has 0 spiro atoms. The van der Waals surface area contributed by atoms with E-state index in [1.807, 2.05) is 5.40 Å². The van der Waals surface area contributed by atoms with E-state index in [1.54, 1.807) is 11.6 Å². The second-order valence-electron chi connectivity index (χ2n) is 3.99. The van der Waals surface area contributed by atoms with Crippen LogP contribution in [0.4, 0.5) is 5.82 Å². The van der Waals surface area contributed by atoms with Gasteiger partial charge in [0.05, 0.1) is 28.1 Å². The molecule has 1 aliphatic rings. The van der Waals surface area contributed by atoms with Crippen LogP contribution in [0.5, 0.6) is 0 Å². The Bertz CT molecular complexity index is 585. The molecule has 0 aromatic carbocycles. The molecule has 2 rings (SSSR count). The van der Waals surface area contributed by atoms with Crippen molar-refractivity contribution in [3.05, 3.63) is 5.69 Å². The fourth-order valence-corrected chi connectivity index (χ4v) is 4.14. The Balaban J connectivity index is 2.35. The fraction of sp³-hybridized carbons (Fsp3) is 0.556. The van der Waals surface area contributed by atoms with Crippen molar-refractivity contribution in [2.24, 2.45) is 0 Å². The largest absolute Gasteiger partial charge is 0.383 e. The van der Waals surface area contributed by atoms with Crippen LogP contribution in [0.2, 0.25) is 0 Å². The second kappa shape index (κ2) is 4.23. The summed E-state index contributed by atoms with van der Waals surface area (Å²) in [4.78, 5) is 0.622. The average Bonchev–Trinajstić information content (AvgIpc) is 2.73. The summed E-state index contributed by atoms with van der Waals surface area (Å²) in [5.41, 5.74) is 6.56. The Labute approximate surface area is 104 Å². The van der Waals surface area contributed by atoms with Crippen molar-refractivity contribution in [1.82, 2.24) is 9.78 Å². The summed E-state index contributed by atoms with van der Waals surface area (Å²) in [6.45, 7) is 1.76. The van der Waals surface area contributed by atoms with Crippen molar-refractivity contribution in [2.45, 2.75) is 24.3 Å². The van der Waals surface area contributed by atoms with E-state index in [-0.39, 0.29) is 17.5 Å². The third-order valence-corrected chi connectivity index (χ3v) is 5.32. The molecule has 8 heteroatoms. The lowest BCUT2D eigenvalue weighted by atomic mass is 10.3. The zero-order valence-corrected chi connectivity index (χ0v) is 10.9. The number of thioether (sulfide) groups is 1. The predicted molar refractivity (Wildman–Crippen MR) is 65.2 cm³/mol. The molecule has 1 fully saturated rings. The van der Waals surface area contributed by atoms with Gasteiger partial charge in [-0.1, -0.05) is 0 Å². The number of aromatic nitrogens is 2. The zero-order valence-electron chi connectivity index (χ0n) is 9.25. The molecule has 1 aliphatic heterocycles. The molecule has 1 unspecified atom stereocenters. The summed E-state index contributed by atoms with van der Waals surface area (Å²) in [5.74, 6) is 0.641. The van der Waals surface area contributed by atoms with E-state index in [4.69, 9.17) is 11.0 Å². The van der Waals surface area contributed by atoms with Gasteiger partial charge in [-0.25, -0.2) is 13.1 Å². The second-order valence-corrected chi connectivity index (χ2v) is 7.02. The Kier molecular flexibility index (Phi) is 3.05. The van der Waals surface area contributed by atoms with Crippen LogP contribution in [0.15, 0.2) is 4.90 Å². The highest BCUT2D eigenvalue weighted by Gasteiger charge is 2.31. The topological polar surface area (TPSA) is 102 Å². The van der Waals surface area contributed by atoms with E-state index in [9.17, 15) is 8.42 Å². The molecule has 2 heterocycles. The normalized spacial score (nSPS) is 22.5. The van der Waals surface area contributed by atoms with Crippen LogP contribution < -0.4 is 5.73 Å². The maximum absolute atomic E-state index is 11.4. The van der Waals surface area contributed by atoms with Gasteiger partial charge in [-0.05, 0) is 25.1 Å². The number of rotatable bonds is 2. The van der Waals surface area contributed by atoms with Crippen molar-refractivity contribution in [1.29, 1.82) is 5.26 Å². The number of nitriles is 1. The Hall–Kier alpha value is -1.20. The predicted octanol–water partition coefficient (Wildman–Crippen LogP) is 0.706. The van der Waals surface area contributed by atoms with Crippen LogP contribution in [0.25, 0.3) is 0 Å². The smallest absolute Gasteiger partial charge is 0.152 e. The number of nitrogens with zero attached hydrogens (tertiary/aromatic N) is 3. The zero-order chi connectivity index (χ0) is 12.6. The SMILES string of the molecule is Cc1nn(C2CCS(=O)(=O)C2)c(N)c1SC#N. The first kappa shape index (κ1) is 12.3. The van der Waals surface area contributed by atoms with Gasteiger partial charge in [0.2, 0.25) is 0 Å². The minimum Gasteiger partial charge on any atom is -0.383 e. The van der Waals surface area contributed by atoms with Crippen LogP contribution in [0, 0.1) is 17.6 Å². The monoisotopic (exact) mass is 272 g/mol. The lowest BCUT2D eigenvalue weighted by Gasteiger charge is -2.10. The minimum absolute atomic E-state index is 0.0784.